The van der Waals surface area contributed by atoms with Crippen molar-refractivity contribution >= 4 is 5.91 Å². The Morgan fingerprint density at radius 1 is 1.27 bits per heavy atom. The number of aromatic nitrogens is 4. The van der Waals surface area contributed by atoms with Gasteiger partial charge in [0.25, 0.3) is 5.91 Å². The number of hydrogen-bond acceptors (Lipinski definition) is 7. The molecule has 1 aliphatic rings. The Balaban J connectivity index is 1.44. The van der Waals surface area contributed by atoms with E-state index in [9.17, 15) is 4.79 Å². The van der Waals surface area contributed by atoms with E-state index in [4.69, 9.17) is 4.52 Å². The quantitative estimate of drug-likeness (QED) is 0.765. The molecule has 1 amide bonds. The normalized spacial score (nSPS) is 20.2. The van der Waals surface area contributed by atoms with Crippen molar-refractivity contribution in [3.05, 3.63) is 60.5 Å². The fourth-order valence-electron chi connectivity index (χ4n) is 3.13. The molecule has 0 saturated carbocycles. The van der Waals surface area contributed by atoms with E-state index >= 15 is 0 Å². The van der Waals surface area contributed by atoms with Gasteiger partial charge in [-0.2, -0.15) is 4.98 Å². The number of likely N-dealkylation sites (tertiary alicyclic amines) is 1. The Labute approximate surface area is 150 Å². The van der Waals surface area contributed by atoms with Crippen LogP contribution in [0.5, 0.6) is 0 Å². The van der Waals surface area contributed by atoms with Gasteiger partial charge in [0.2, 0.25) is 11.7 Å². The third-order valence-electron chi connectivity index (χ3n) is 4.43. The second-order valence-electron chi connectivity index (χ2n) is 6.27. The monoisotopic (exact) mass is 350 g/mol. The molecule has 0 spiro atoms. The molecule has 1 fully saturated rings. The average molecular weight is 350 g/mol. The lowest BCUT2D eigenvalue weighted by molar-refractivity contribution is 0.0933. The van der Waals surface area contributed by atoms with E-state index in [0.717, 1.165) is 5.56 Å². The van der Waals surface area contributed by atoms with Crippen molar-refractivity contribution in [2.75, 3.05) is 13.6 Å². The number of rotatable bonds is 4. The SMILES string of the molecule is CN1CC(NC(=O)c2ccccn2)CC1c1nc(-c2cccnc2)no1. The van der Waals surface area contributed by atoms with Crippen LogP contribution in [0.1, 0.15) is 28.8 Å². The van der Waals surface area contributed by atoms with Crippen LogP contribution in [-0.2, 0) is 0 Å². The first kappa shape index (κ1) is 16.3. The maximum absolute atomic E-state index is 12.3. The fourth-order valence-corrected chi connectivity index (χ4v) is 3.13. The third-order valence-corrected chi connectivity index (χ3v) is 4.43. The van der Waals surface area contributed by atoms with Crippen LogP contribution in [0.25, 0.3) is 11.4 Å². The zero-order valence-electron chi connectivity index (χ0n) is 14.2. The molecule has 4 rings (SSSR count). The summed E-state index contributed by atoms with van der Waals surface area (Å²) in [5.74, 6) is 0.884. The zero-order chi connectivity index (χ0) is 17.9. The minimum absolute atomic E-state index is 0.00625. The summed E-state index contributed by atoms with van der Waals surface area (Å²) in [6.07, 6.45) is 5.70. The van der Waals surface area contributed by atoms with Gasteiger partial charge in [0, 0.05) is 36.7 Å². The van der Waals surface area contributed by atoms with E-state index < -0.39 is 0 Å². The van der Waals surface area contributed by atoms with Gasteiger partial charge in [0.15, 0.2) is 0 Å². The Morgan fingerprint density at radius 2 is 2.19 bits per heavy atom. The summed E-state index contributed by atoms with van der Waals surface area (Å²) >= 11 is 0. The highest BCUT2D eigenvalue weighted by atomic mass is 16.5. The number of pyridine rings is 2. The highest BCUT2D eigenvalue weighted by Crippen LogP contribution is 2.30. The van der Waals surface area contributed by atoms with Gasteiger partial charge in [0.05, 0.1) is 6.04 Å². The Morgan fingerprint density at radius 3 is 2.96 bits per heavy atom. The molecule has 3 aromatic heterocycles. The van der Waals surface area contributed by atoms with Crippen molar-refractivity contribution in [1.29, 1.82) is 0 Å². The molecular formula is C18H18N6O2. The van der Waals surface area contributed by atoms with E-state index in [0.29, 0.717) is 30.4 Å². The van der Waals surface area contributed by atoms with Crippen molar-refractivity contribution < 1.29 is 9.32 Å². The van der Waals surface area contributed by atoms with Crippen molar-refractivity contribution in [1.82, 2.24) is 30.3 Å². The van der Waals surface area contributed by atoms with Crippen molar-refractivity contribution in [2.45, 2.75) is 18.5 Å². The van der Waals surface area contributed by atoms with Crippen LogP contribution in [0.3, 0.4) is 0 Å². The van der Waals surface area contributed by atoms with Gasteiger partial charge >= 0.3 is 0 Å². The van der Waals surface area contributed by atoms with Crippen LogP contribution in [-0.4, -0.2) is 50.5 Å². The van der Waals surface area contributed by atoms with Gasteiger partial charge in [-0.3, -0.25) is 19.7 Å². The molecule has 0 aliphatic carbocycles. The molecule has 26 heavy (non-hydrogen) atoms. The largest absolute Gasteiger partial charge is 0.347 e. The molecule has 3 aromatic rings. The summed E-state index contributed by atoms with van der Waals surface area (Å²) in [5, 5.41) is 7.07. The molecule has 0 radical (unpaired) electrons. The van der Waals surface area contributed by atoms with Gasteiger partial charge in [-0.15, -0.1) is 0 Å². The van der Waals surface area contributed by atoms with Crippen LogP contribution in [0.4, 0.5) is 0 Å². The van der Waals surface area contributed by atoms with Crippen LogP contribution in [0.15, 0.2) is 53.4 Å². The summed E-state index contributed by atoms with van der Waals surface area (Å²) < 4.78 is 5.46. The number of carbonyl (C=O) groups is 1. The molecule has 2 atom stereocenters. The topological polar surface area (TPSA) is 97.0 Å². The Kier molecular flexibility index (Phi) is 4.40. The van der Waals surface area contributed by atoms with E-state index in [1.807, 2.05) is 19.2 Å². The van der Waals surface area contributed by atoms with Crippen molar-refractivity contribution in [2.24, 2.45) is 0 Å². The second kappa shape index (κ2) is 7.01. The molecule has 8 nitrogen and oxygen atoms in total. The summed E-state index contributed by atoms with van der Waals surface area (Å²) in [7, 11) is 1.98. The van der Waals surface area contributed by atoms with Crippen LogP contribution < -0.4 is 5.32 Å². The number of nitrogens with zero attached hydrogens (tertiary/aromatic N) is 5. The minimum atomic E-state index is -0.175. The van der Waals surface area contributed by atoms with E-state index in [1.165, 1.54) is 0 Å². The smallest absolute Gasteiger partial charge is 0.270 e. The van der Waals surface area contributed by atoms with Gasteiger partial charge in [-0.05, 0) is 37.7 Å². The molecule has 1 aliphatic heterocycles. The number of nitrogens with one attached hydrogen (secondary N) is 1. The number of amides is 1. The lowest BCUT2D eigenvalue weighted by Crippen LogP contribution is -2.36. The molecule has 4 heterocycles. The first-order valence-corrected chi connectivity index (χ1v) is 8.37. The number of carbonyl (C=O) groups excluding carboxylic acids is 1. The van der Waals surface area contributed by atoms with Crippen molar-refractivity contribution in [3.8, 4) is 11.4 Å². The predicted octanol–water partition coefficient (Wildman–Crippen LogP) is 1.70. The van der Waals surface area contributed by atoms with E-state index in [-0.39, 0.29) is 18.0 Å². The minimum Gasteiger partial charge on any atom is -0.347 e. The van der Waals surface area contributed by atoms with Crippen molar-refractivity contribution in [3.63, 3.8) is 0 Å². The van der Waals surface area contributed by atoms with Gasteiger partial charge in [-0.25, -0.2) is 0 Å². The molecule has 1 N–H and O–H groups in total. The lowest BCUT2D eigenvalue weighted by Gasteiger charge is -2.14. The summed E-state index contributed by atoms with van der Waals surface area (Å²) in [6, 6.07) is 8.95. The van der Waals surface area contributed by atoms with E-state index in [2.05, 4.69) is 30.3 Å². The highest BCUT2D eigenvalue weighted by Gasteiger charge is 2.35. The number of likely N-dealkylation sites (N-methyl/N-ethyl adjacent to an activating group) is 1. The van der Waals surface area contributed by atoms with E-state index in [1.54, 1.807) is 36.8 Å². The Bertz CT molecular complexity index is 883. The van der Waals surface area contributed by atoms with Crippen LogP contribution in [0, 0.1) is 0 Å². The first-order valence-electron chi connectivity index (χ1n) is 8.37. The lowest BCUT2D eigenvalue weighted by atomic mass is 10.1. The molecular weight excluding hydrogens is 332 g/mol. The molecule has 0 aromatic carbocycles. The van der Waals surface area contributed by atoms with Crippen LogP contribution in [0.2, 0.25) is 0 Å². The van der Waals surface area contributed by atoms with Gasteiger partial charge in [-0.1, -0.05) is 11.2 Å². The predicted molar refractivity (Wildman–Crippen MR) is 93.0 cm³/mol. The zero-order valence-corrected chi connectivity index (χ0v) is 14.2. The van der Waals surface area contributed by atoms with Gasteiger partial charge in [0.1, 0.15) is 5.69 Å². The molecule has 0 bridgehead atoms. The summed E-state index contributed by atoms with van der Waals surface area (Å²) in [5.41, 5.74) is 1.22. The first-order chi connectivity index (χ1) is 12.7. The standard InChI is InChI=1S/C18H18N6O2/c1-24-11-13(21-17(25)14-6-2-3-8-20-14)9-15(24)18-22-16(23-26-18)12-5-4-7-19-10-12/h2-8,10,13,15H,9,11H2,1H3,(H,21,25). The molecule has 1 saturated heterocycles. The maximum atomic E-state index is 12.3. The Hall–Kier alpha value is -3.13. The summed E-state index contributed by atoms with van der Waals surface area (Å²) in [6.45, 7) is 0.702. The second-order valence-corrected chi connectivity index (χ2v) is 6.27. The molecule has 2 unspecified atom stereocenters. The highest BCUT2D eigenvalue weighted by molar-refractivity contribution is 5.92. The molecule has 8 heteroatoms. The van der Waals surface area contributed by atoms with Crippen LogP contribution >= 0.6 is 0 Å². The maximum Gasteiger partial charge on any atom is 0.270 e. The summed E-state index contributed by atoms with van der Waals surface area (Å²) in [4.78, 5) is 27.0. The average Bonchev–Trinajstić information content (AvgIpc) is 3.30. The fraction of sp³-hybridized carbons (Fsp3) is 0.278. The molecule has 132 valence electrons. The number of hydrogen-bond donors (Lipinski definition) is 1. The van der Waals surface area contributed by atoms with Gasteiger partial charge < -0.3 is 9.84 Å². The third kappa shape index (κ3) is 3.31.